The number of fused-ring (bicyclic) bond motifs is 1. The van der Waals surface area contributed by atoms with Crippen LogP contribution in [0.4, 0.5) is 15.9 Å². The Morgan fingerprint density at radius 3 is 2.50 bits per heavy atom. The van der Waals surface area contributed by atoms with E-state index < -0.39 is 45.3 Å². The molecule has 1 aliphatic rings. The topological polar surface area (TPSA) is 137 Å². The van der Waals surface area contributed by atoms with Gasteiger partial charge in [0.1, 0.15) is 5.82 Å². The number of nitro groups is 1. The van der Waals surface area contributed by atoms with Gasteiger partial charge in [-0.25, -0.2) is 4.39 Å². The Kier molecular flexibility index (Phi) is 3.44. The quantitative estimate of drug-likeness (QED) is 0.443. The number of anilines is 1. The molecule has 0 aliphatic carbocycles. The summed E-state index contributed by atoms with van der Waals surface area (Å²) in [6, 6.07) is 2.46. The number of imide groups is 1. The van der Waals surface area contributed by atoms with Gasteiger partial charge in [-0.3, -0.25) is 34.4 Å². The van der Waals surface area contributed by atoms with E-state index >= 15 is 0 Å². The standard InChI is InChI=1S/C13H6BrFN4O5/c14-5-2-8(6(15)3-7(5)19(23)24)18-9(20)1-4-10(11(18)16)13(22)17-12(4)21/h1-3H,16H2,(H,17,21,22). The van der Waals surface area contributed by atoms with Gasteiger partial charge in [-0.2, -0.15) is 0 Å². The number of rotatable bonds is 2. The van der Waals surface area contributed by atoms with E-state index in [4.69, 9.17) is 5.73 Å². The minimum atomic E-state index is -1.09. The molecule has 0 unspecified atom stereocenters. The molecule has 9 nitrogen and oxygen atoms in total. The van der Waals surface area contributed by atoms with Crippen molar-refractivity contribution >= 4 is 39.2 Å². The van der Waals surface area contributed by atoms with Crippen LogP contribution in [0, 0.1) is 15.9 Å². The molecule has 0 saturated heterocycles. The number of benzene rings is 1. The van der Waals surface area contributed by atoms with Crippen LogP contribution < -0.4 is 16.6 Å². The smallest absolute Gasteiger partial charge is 0.286 e. The molecule has 1 aromatic heterocycles. The van der Waals surface area contributed by atoms with Crippen LogP contribution >= 0.6 is 15.9 Å². The maximum Gasteiger partial charge on any atom is 0.286 e. The highest BCUT2D eigenvalue weighted by Crippen LogP contribution is 2.31. The Labute approximate surface area is 140 Å². The molecule has 3 N–H and O–H groups in total. The van der Waals surface area contributed by atoms with Crippen molar-refractivity contribution in [2.75, 3.05) is 5.73 Å². The molecule has 0 fully saturated rings. The second kappa shape index (κ2) is 5.23. The average Bonchev–Trinajstić information content (AvgIpc) is 2.76. The number of amides is 2. The lowest BCUT2D eigenvalue weighted by atomic mass is 10.1. The molecule has 0 atom stereocenters. The lowest BCUT2D eigenvalue weighted by molar-refractivity contribution is -0.385. The largest absolute Gasteiger partial charge is 0.384 e. The zero-order chi connectivity index (χ0) is 17.8. The first-order chi connectivity index (χ1) is 11.2. The van der Waals surface area contributed by atoms with Crippen molar-refractivity contribution in [2.24, 2.45) is 0 Å². The van der Waals surface area contributed by atoms with Gasteiger partial charge >= 0.3 is 0 Å². The van der Waals surface area contributed by atoms with Crippen molar-refractivity contribution in [2.45, 2.75) is 0 Å². The number of nitrogens with two attached hydrogens (primary N) is 1. The third-order valence-electron chi connectivity index (χ3n) is 3.41. The number of nitrogen functional groups attached to an aromatic ring is 1. The van der Waals surface area contributed by atoms with E-state index in [2.05, 4.69) is 15.9 Å². The number of nitrogens with one attached hydrogen (secondary N) is 1. The number of nitrogens with zero attached hydrogens (tertiary/aromatic N) is 2. The highest BCUT2D eigenvalue weighted by molar-refractivity contribution is 9.10. The van der Waals surface area contributed by atoms with E-state index in [1.807, 2.05) is 5.32 Å². The molecule has 0 saturated carbocycles. The highest BCUT2D eigenvalue weighted by atomic mass is 79.9. The van der Waals surface area contributed by atoms with Crippen LogP contribution in [-0.2, 0) is 0 Å². The van der Waals surface area contributed by atoms with Crippen LogP contribution in [0.5, 0.6) is 0 Å². The van der Waals surface area contributed by atoms with Crippen LogP contribution in [-0.4, -0.2) is 21.3 Å². The van der Waals surface area contributed by atoms with E-state index in [0.717, 1.165) is 12.1 Å². The van der Waals surface area contributed by atoms with E-state index in [1.165, 1.54) is 0 Å². The predicted molar refractivity (Wildman–Crippen MR) is 82.6 cm³/mol. The molecule has 0 bridgehead atoms. The number of hydrogen-bond acceptors (Lipinski definition) is 6. The molecule has 24 heavy (non-hydrogen) atoms. The van der Waals surface area contributed by atoms with Crippen molar-refractivity contribution < 1.29 is 18.9 Å². The summed E-state index contributed by atoms with van der Waals surface area (Å²) >= 11 is 2.91. The van der Waals surface area contributed by atoms with Crippen molar-refractivity contribution in [3.05, 3.63) is 60.1 Å². The van der Waals surface area contributed by atoms with Crippen LogP contribution in [0.2, 0.25) is 0 Å². The Morgan fingerprint density at radius 2 is 1.88 bits per heavy atom. The summed E-state index contributed by atoms with van der Waals surface area (Å²) in [7, 11) is 0. The average molecular weight is 397 g/mol. The lowest BCUT2D eigenvalue weighted by Crippen LogP contribution is -2.25. The van der Waals surface area contributed by atoms with Gasteiger partial charge in [-0.05, 0) is 22.0 Å². The summed E-state index contributed by atoms with van der Waals surface area (Å²) in [5.74, 6) is -3.14. The second-order valence-corrected chi connectivity index (χ2v) is 5.64. The third-order valence-corrected chi connectivity index (χ3v) is 4.04. The summed E-state index contributed by atoms with van der Waals surface area (Å²) in [6.07, 6.45) is 0. The predicted octanol–water partition coefficient (Wildman–Crippen LogP) is 1.11. The first-order valence-electron chi connectivity index (χ1n) is 6.27. The fraction of sp³-hybridized carbons (Fsp3) is 0. The van der Waals surface area contributed by atoms with E-state index in [0.29, 0.717) is 10.6 Å². The first kappa shape index (κ1) is 15.8. The zero-order valence-electron chi connectivity index (χ0n) is 11.5. The lowest BCUT2D eigenvalue weighted by Gasteiger charge is -2.13. The number of pyridine rings is 1. The van der Waals surface area contributed by atoms with Gasteiger partial charge < -0.3 is 5.73 Å². The SMILES string of the molecule is Nc1c2c(cc(=O)n1-c1cc(Br)c([N+](=O)[O-])cc1F)C(=O)NC2=O. The molecule has 0 radical (unpaired) electrons. The number of halogens is 2. The summed E-state index contributed by atoms with van der Waals surface area (Å²) < 4.78 is 14.8. The fourth-order valence-electron chi connectivity index (χ4n) is 2.36. The first-order valence-corrected chi connectivity index (χ1v) is 7.06. The molecular formula is C13H6BrFN4O5. The van der Waals surface area contributed by atoms with Crippen LogP contribution in [0.15, 0.2) is 27.5 Å². The van der Waals surface area contributed by atoms with Gasteiger partial charge in [0.15, 0.2) is 5.82 Å². The van der Waals surface area contributed by atoms with Gasteiger partial charge in [0.05, 0.1) is 32.3 Å². The number of carbonyl (C=O) groups is 2. The molecule has 11 heteroatoms. The summed E-state index contributed by atoms with van der Waals surface area (Å²) in [5.41, 5.74) is 3.50. The maximum absolute atomic E-state index is 14.3. The Morgan fingerprint density at radius 1 is 1.21 bits per heavy atom. The molecule has 1 aliphatic heterocycles. The van der Waals surface area contributed by atoms with Crippen molar-refractivity contribution in [1.82, 2.24) is 9.88 Å². The molecule has 0 spiro atoms. The summed E-state index contributed by atoms with van der Waals surface area (Å²) in [4.78, 5) is 45.6. The fourth-order valence-corrected chi connectivity index (χ4v) is 2.84. The Balaban J connectivity index is 2.33. The van der Waals surface area contributed by atoms with Crippen molar-refractivity contribution in [3.8, 4) is 5.69 Å². The van der Waals surface area contributed by atoms with Gasteiger partial charge in [-0.15, -0.1) is 0 Å². The molecule has 3 rings (SSSR count). The van der Waals surface area contributed by atoms with E-state index in [9.17, 15) is 28.9 Å². The molecular weight excluding hydrogens is 391 g/mol. The van der Waals surface area contributed by atoms with Gasteiger partial charge in [0.25, 0.3) is 23.1 Å². The van der Waals surface area contributed by atoms with Crippen LogP contribution in [0.3, 0.4) is 0 Å². The van der Waals surface area contributed by atoms with E-state index in [-0.39, 0.29) is 15.6 Å². The van der Waals surface area contributed by atoms with Crippen LogP contribution in [0.1, 0.15) is 20.7 Å². The zero-order valence-corrected chi connectivity index (χ0v) is 13.1. The van der Waals surface area contributed by atoms with E-state index in [1.54, 1.807) is 0 Å². The van der Waals surface area contributed by atoms with Crippen molar-refractivity contribution in [1.29, 1.82) is 0 Å². The Hall–Kier alpha value is -3.08. The molecule has 122 valence electrons. The molecule has 1 aromatic carbocycles. The van der Waals surface area contributed by atoms with Crippen LogP contribution in [0.25, 0.3) is 5.69 Å². The van der Waals surface area contributed by atoms with Crippen molar-refractivity contribution in [3.63, 3.8) is 0 Å². The number of hydrogen-bond donors (Lipinski definition) is 2. The normalized spacial score (nSPS) is 12.9. The minimum absolute atomic E-state index is 0.0868. The van der Waals surface area contributed by atoms with Gasteiger partial charge in [-0.1, -0.05) is 0 Å². The highest BCUT2D eigenvalue weighted by Gasteiger charge is 2.32. The monoisotopic (exact) mass is 396 g/mol. The second-order valence-electron chi connectivity index (χ2n) is 4.79. The third kappa shape index (κ3) is 2.17. The molecule has 2 aromatic rings. The summed E-state index contributed by atoms with van der Waals surface area (Å²) in [6.45, 7) is 0. The molecule has 2 heterocycles. The minimum Gasteiger partial charge on any atom is -0.384 e. The summed E-state index contributed by atoms with van der Waals surface area (Å²) in [5, 5.41) is 12.8. The number of aromatic nitrogens is 1. The number of carbonyl (C=O) groups excluding carboxylic acids is 2. The van der Waals surface area contributed by atoms with Gasteiger partial charge in [0.2, 0.25) is 0 Å². The Bertz CT molecular complexity index is 1020. The number of nitro benzene ring substituents is 1. The maximum atomic E-state index is 14.3. The van der Waals surface area contributed by atoms with Gasteiger partial charge in [0, 0.05) is 6.07 Å². The molecule has 2 amide bonds.